The molecular weight excluding hydrogens is 581 g/mol. The molecule has 1 aromatic heterocycles. The third kappa shape index (κ3) is 17.1. The first kappa shape index (κ1) is 42.8. The highest BCUT2D eigenvalue weighted by atomic mass is 35.5. The molecule has 0 saturated heterocycles. The minimum atomic E-state index is -0.476. The quantitative estimate of drug-likeness (QED) is 0.163. The van der Waals surface area contributed by atoms with Crippen LogP contribution in [-0.4, -0.2) is 60.2 Å². The molecule has 0 fully saturated rings. The molecule has 0 spiro atoms. The average molecular weight is 634 g/mol. The van der Waals surface area contributed by atoms with Crippen molar-refractivity contribution in [1.82, 2.24) is 9.88 Å². The number of aliphatic hydroxyl groups is 1. The molecule has 3 rings (SSSR count). The number of halogens is 2. The van der Waals surface area contributed by atoms with Gasteiger partial charge < -0.3 is 20.1 Å². The monoisotopic (exact) mass is 633 g/mol. The molecule has 3 aromatic rings. The van der Waals surface area contributed by atoms with Crippen LogP contribution in [0.25, 0.3) is 10.8 Å². The van der Waals surface area contributed by atoms with E-state index in [1.165, 1.54) is 11.0 Å². The smallest absolute Gasteiger partial charge is 0.225 e. The highest BCUT2D eigenvalue weighted by Crippen LogP contribution is 2.20. The fraction of sp³-hybridized carbons (Fsp3) is 0.457. The van der Waals surface area contributed by atoms with Crippen molar-refractivity contribution in [2.75, 3.05) is 26.1 Å². The standard InChI is InChI=1S/C20H27N3O3.C8H8ClF.C3H8O.C2H6.C2H4/c1-4-18(25)11-17(23(3)13-24)7-8-20(26)22-19-10-16-9-14(2)5-6-15(16)12-21-19;1-2-6-4-3-5-7(10)8(6)9;1-3-4-2;2*1-2/h5-6,9-10,12-13,17-18,25H,4,7-8,11H2,1-3H3,(H,21,22,26);3-5H,2H2,1H3;3H2,1-2H3;1-2H3;1-2H2. The maximum Gasteiger partial charge on any atom is 0.225 e. The van der Waals surface area contributed by atoms with Gasteiger partial charge in [-0.25, -0.2) is 9.37 Å². The molecule has 0 aliphatic carbocycles. The number of hydrogen-bond acceptors (Lipinski definition) is 5. The number of methoxy groups -OCH3 is 1. The normalized spacial score (nSPS) is 11.0. The van der Waals surface area contributed by atoms with Crippen molar-refractivity contribution in [2.45, 2.75) is 85.8 Å². The molecule has 9 heteroatoms. The van der Waals surface area contributed by atoms with E-state index in [4.69, 9.17) is 11.6 Å². The van der Waals surface area contributed by atoms with Gasteiger partial charge in [0.05, 0.1) is 11.1 Å². The summed E-state index contributed by atoms with van der Waals surface area (Å²) < 4.78 is 17.2. The molecule has 246 valence electrons. The van der Waals surface area contributed by atoms with Gasteiger partial charge in [0, 0.05) is 44.8 Å². The second kappa shape index (κ2) is 26.1. The Balaban J connectivity index is 0. The van der Waals surface area contributed by atoms with Crippen LogP contribution in [-0.2, 0) is 20.7 Å². The van der Waals surface area contributed by atoms with Crippen LogP contribution >= 0.6 is 11.6 Å². The van der Waals surface area contributed by atoms with Gasteiger partial charge in [0.15, 0.2) is 0 Å². The molecule has 2 unspecified atom stereocenters. The summed E-state index contributed by atoms with van der Waals surface area (Å²) >= 11 is 5.62. The number of anilines is 1. The first-order chi connectivity index (χ1) is 21.1. The van der Waals surface area contributed by atoms with Crippen LogP contribution in [0.5, 0.6) is 0 Å². The number of benzene rings is 2. The second-order valence-electron chi connectivity index (χ2n) is 9.37. The van der Waals surface area contributed by atoms with Crippen LogP contribution < -0.4 is 5.32 Å². The zero-order chi connectivity index (χ0) is 34.1. The summed E-state index contributed by atoms with van der Waals surface area (Å²) in [4.78, 5) is 29.1. The van der Waals surface area contributed by atoms with Crippen LogP contribution in [0.3, 0.4) is 0 Å². The van der Waals surface area contributed by atoms with Gasteiger partial charge in [-0.05, 0) is 62.6 Å². The average Bonchev–Trinajstić information content (AvgIpc) is 3.05. The van der Waals surface area contributed by atoms with Gasteiger partial charge in [0.1, 0.15) is 11.6 Å². The van der Waals surface area contributed by atoms with Crippen molar-refractivity contribution in [3.8, 4) is 0 Å². The molecular formula is C35H53ClFN3O4. The number of amides is 2. The third-order valence-electron chi connectivity index (χ3n) is 6.31. The first-order valence-corrected chi connectivity index (χ1v) is 15.4. The number of aryl methyl sites for hydroxylation is 2. The van der Waals surface area contributed by atoms with Crippen molar-refractivity contribution in [3.05, 3.63) is 83.8 Å². The highest BCUT2D eigenvalue weighted by Gasteiger charge is 2.19. The Bertz CT molecular complexity index is 1210. The number of aromatic nitrogens is 1. The number of aliphatic hydroxyl groups excluding tert-OH is 1. The molecule has 2 N–H and O–H groups in total. The topological polar surface area (TPSA) is 91.8 Å². The van der Waals surface area contributed by atoms with Crippen LogP contribution in [0.2, 0.25) is 5.02 Å². The maximum atomic E-state index is 12.6. The SMILES string of the molecule is C=C.CC.CCC(O)CC(CCC(=O)Nc1cc2cc(C)ccc2cn1)N(C)C=O.CCOC.CCc1cccc(F)c1Cl. The van der Waals surface area contributed by atoms with Crippen LogP contribution in [0.1, 0.15) is 71.4 Å². The minimum Gasteiger partial charge on any atom is -0.393 e. The Morgan fingerprint density at radius 1 is 1.16 bits per heavy atom. The largest absolute Gasteiger partial charge is 0.393 e. The van der Waals surface area contributed by atoms with Crippen molar-refractivity contribution in [1.29, 1.82) is 0 Å². The number of rotatable bonds is 11. The van der Waals surface area contributed by atoms with E-state index in [-0.39, 0.29) is 29.2 Å². The van der Waals surface area contributed by atoms with E-state index in [0.717, 1.165) is 41.3 Å². The zero-order valence-electron chi connectivity index (χ0n) is 27.8. The third-order valence-corrected chi connectivity index (χ3v) is 6.73. The number of hydrogen-bond donors (Lipinski definition) is 2. The molecule has 2 amide bonds. The van der Waals surface area contributed by atoms with Crippen molar-refractivity contribution in [3.63, 3.8) is 0 Å². The number of nitrogens with one attached hydrogen (secondary N) is 1. The van der Waals surface area contributed by atoms with Gasteiger partial charge in [-0.1, -0.05) is 75.2 Å². The van der Waals surface area contributed by atoms with Crippen molar-refractivity contribution < 1.29 is 23.8 Å². The minimum absolute atomic E-state index is 0.153. The summed E-state index contributed by atoms with van der Waals surface area (Å²) in [5.74, 6) is 0.0304. The summed E-state index contributed by atoms with van der Waals surface area (Å²) in [5.41, 5.74) is 2.01. The van der Waals surface area contributed by atoms with Crippen LogP contribution in [0.15, 0.2) is 61.8 Å². The summed E-state index contributed by atoms with van der Waals surface area (Å²) in [5, 5.41) is 15.0. The Labute approximate surface area is 269 Å². The van der Waals surface area contributed by atoms with Crippen LogP contribution in [0, 0.1) is 12.7 Å². The first-order valence-electron chi connectivity index (χ1n) is 15.0. The molecule has 1 heterocycles. The molecule has 0 aliphatic rings. The molecule has 44 heavy (non-hydrogen) atoms. The van der Waals surface area contributed by atoms with Gasteiger partial charge in [-0.2, -0.15) is 0 Å². The van der Waals surface area contributed by atoms with Gasteiger partial charge >= 0.3 is 0 Å². The van der Waals surface area contributed by atoms with E-state index in [1.54, 1.807) is 26.4 Å². The molecule has 2 atom stereocenters. The summed E-state index contributed by atoms with van der Waals surface area (Å²) in [6.07, 6.45) is 4.61. The lowest BCUT2D eigenvalue weighted by Crippen LogP contribution is -2.34. The van der Waals surface area contributed by atoms with Crippen molar-refractivity contribution in [2.24, 2.45) is 0 Å². The zero-order valence-corrected chi connectivity index (χ0v) is 28.6. The van der Waals surface area contributed by atoms with E-state index in [1.807, 2.05) is 71.9 Å². The Hall–Kier alpha value is -3.33. The molecule has 7 nitrogen and oxygen atoms in total. The molecule has 0 radical (unpaired) electrons. The molecule has 0 bridgehead atoms. The van der Waals surface area contributed by atoms with E-state index in [0.29, 0.717) is 25.1 Å². The number of fused-ring (bicyclic) bond motifs is 1. The van der Waals surface area contributed by atoms with E-state index in [9.17, 15) is 19.1 Å². The van der Waals surface area contributed by atoms with Gasteiger partial charge in [-0.15, -0.1) is 13.2 Å². The van der Waals surface area contributed by atoms with E-state index in [2.05, 4.69) is 28.2 Å². The van der Waals surface area contributed by atoms with Gasteiger partial charge in [0.25, 0.3) is 0 Å². The lowest BCUT2D eigenvalue weighted by molar-refractivity contribution is -0.121. The number of carbonyl (C=O) groups is 2. The number of pyridine rings is 1. The van der Waals surface area contributed by atoms with Gasteiger partial charge in [0.2, 0.25) is 12.3 Å². The van der Waals surface area contributed by atoms with E-state index < -0.39 is 6.10 Å². The van der Waals surface area contributed by atoms with Crippen LogP contribution in [0.4, 0.5) is 10.2 Å². The predicted molar refractivity (Wildman–Crippen MR) is 184 cm³/mol. The molecule has 0 aliphatic heterocycles. The molecule has 2 aromatic carbocycles. The number of carbonyl (C=O) groups excluding carboxylic acids is 2. The summed E-state index contributed by atoms with van der Waals surface area (Å²) in [7, 11) is 3.35. The lowest BCUT2D eigenvalue weighted by Gasteiger charge is -2.26. The number of nitrogens with zero attached hydrogens (tertiary/aromatic N) is 2. The van der Waals surface area contributed by atoms with Gasteiger partial charge in [-0.3, -0.25) is 9.59 Å². The fourth-order valence-electron chi connectivity index (χ4n) is 3.71. The van der Waals surface area contributed by atoms with E-state index >= 15 is 0 Å². The Kier molecular flexibility index (Phi) is 25.4. The maximum absolute atomic E-state index is 12.6. The fourth-order valence-corrected chi connectivity index (χ4v) is 3.97. The summed E-state index contributed by atoms with van der Waals surface area (Å²) in [6.45, 7) is 18.6. The Morgan fingerprint density at radius 2 is 1.80 bits per heavy atom. The highest BCUT2D eigenvalue weighted by molar-refractivity contribution is 6.31. The second-order valence-corrected chi connectivity index (χ2v) is 9.75. The summed E-state index contributed by atoms with van der Waals surface area (Å²) in [6, 6.07) is 12.6. The number of ether oxygens (including phenoxy) is 1. The van der Waals surface area contributed by atoms with Crippen molar-refractivity contribution >= 4 is 40.5 Å². The Morgan fingerprint density at radius 3 is 2.32 bits per heavy atom. The molecule has 0 saturated carbocycles. The predicted octanol–water partition coefficient (Wildman–Crippen LogP) is 8.40. The lowest BCUT2D eigenvalue weighted by atomic mass is 10.0.